The Morgan fingerprint density at radius 1 is 1.14 bits per heavy atom. The summed E-state index contributed by atoms with van der Waals surface area (Å²) in [7, 11) is 0. The van der Waals surface area contributed by atoms with E-state index in [9.17, 15) is 14.4 Å². The molecular weight excluding hydrogens is 404 g/mol. The van der Waals surface area contributed by atoms with Crippen LogP contribution in [-0.2, 0) is 4.74 Å². The molecule has 8 nitrogen and oxygen atoms in total. The Kier molecular flexibility index (Phi) is 6.48. The van der Waals surface area contributed by atoms with Gasteiger partial charge in [-0.15, -0.1) is 11.3 Å². The van der Waals surface area contributed by atoms with Gasteiger partial charge >= 0.3 is 6.09 Å². The first-order valence-electron chi connectivity index (χ1n) is 8.71. The van der Waals surface area contributed by atoms with E-state index in [-0.39, 0.29) is 23.6 Å². The zero-order chi connectivity index (χ0) is 20.1. The van der Waals surface area contributed by atoms with Crippen molar-refractivity contribution in [2.45, 2.75) is 6.92 Å². The van der Waals surface area contributed by atoms with Crippen molar-refractivity contribution in [2.75, 3.05) is 38.1 Å². The molecule has 0 saturated carbocycles. The van der Waals surface area contributed by atoms with E-state index in [0.717, 1.165) is 0 Å². The Morgan fingerprint density at radius 3 is 2.43 bits per heavy atom. The van der Waals surface area contributed by atoms with Crippen LogP contribution in [0.15, 0.2) is 29.6 Å². The summed E-state index contributed by atoms with van der Waals surface area (Å²) in [6.45, 7) is 3.71. The molecule has 1 saturated heterocycles. The minimum absolute atomic E-state index is 0.230. The van der Waals surface area contributed by atoms with Gasteiger partial charge in [-0.1, -0.05) is 11.6 Å². The maximum Gasteiger partial charge on any atom is 0.409 e. The molecule has 0 bridgehead atoms. The second-order valence-corrected chi connectivity index (χ2v) is 7.27. The number of ether oxygens (including phenoxy) is 1. The molecule has 2 aromatic rings. The second-order valence-electron chi connectivity index (χ2n) is 5.98. The first kappa shape index (κ1) is 20.1. The van der Waals surface area contributed by atoms with Crippen molar-refractivity contribution >= 4 is 46.0 Å². The van der Waals surface area contributed by atoms with Gasteiger partial charge in [0.15, 0.2) is 5.13 Å². The highest BCUT2D eigenvalue weighted by molar-refractivity contribution is 7.14. The van der Waals surface area contributed by atoms with Gasteiger partial charge < -0.3 is 14.5 Å². The van der Waals surface area contributed by atoms with E-state index in [4.69, 9.17) is 16.3 Å². The van der Waals surface area contributed by atoms with E-state index in [2.05, 4.69) is 10.3 Å². The number of hydrogen-bond acceptors (Lipinski definition) is 6. The summed E-state index contributed by atoms with van der Waals surface area (Å²) in [6, 6.07) is 6.48. The molecule has 1 aromatic heterocycles. The lowest BCUT2D eigenvalue weighted by Gasteiger charge is -2.33. The normalized spacial score (nSPS) is 13.9. The van der Waals surface area contributed by atoms with Crippen molar-refractivity contribution in [1.29, 1.82) is 0 Å². The summed E-state index contributed by atoms with van der Waals surface area (Å²) in [5.41, 5.74) is 0.712. The van der Waals surface area contributed by atoms with E-state index < -0.39 is 0 Å². The van der Waals surface area contributed by atoms with E-state index >= 15 is 0 Å². The van der Waals surface area contributed by atoms with Crippen molar-refractivity contribution in [2.24, 2.45) is 0 Å². The van der Waals surface area contributed by atoms with Gasteiger partial charge in [-0.25, -0.2) is 9.78 Å². The summed E-state index contributed by atoms with van der Waals surface area (Å²) >= 11 is 7.00. The molecule has 1 aromatic carbocycles. The number of benzene rings is 1. The fourth-order valence-corrected chi connectivity index (χ4v) is 3.47. The van der Waals surface area contributed by atoms with Crippen molar-refractivity contribution < 1.29 is 19.1 Å². The highest BCUT2D eigenvalue weighted by Crippen LogP contribution is 2.19. The van der Waals surface area contributed by atoms with Crippen molar-refractivity contribution in [3.63, 3.8) is 0 Å². The van der Waals surface area contributed by atoms with Gasteiger partial charge in [0.1, 0.15) is 5.69 Å². The number of piperazine rings is 1. The van der Waals surface area contributed by atoms with Crippen molar-refractivity contribution in [3.05, 3.63) is 45.9 Å². The number of thiazole rings is 1. The first-order chi connectivity index (χ1) is 13.5. The van der Waals surface area contributed by atoms with Gasteiger partial charge in [-0.3, -0.25) is 14.9 Å². The Hall–Kier alpha value is -2.65. The molecule has 1 aliphatic heterocycles. The van der Waals surface area contributed by atoms with Crippen LogP contribution in [0.2, 0.25) is 5.02 Å². The number of halogens is 1. The van der Waals surface area contributed by atoms with Crippen LogP contribution >= 0.6 is 22.9 Å². The lowest BCUT2D eigenvalue weighted by atomic mass is 10.2. The smallest absolute Gasteiger partial charge is 0.409 e. The van der Waals surface area contributed by atoms with Gasteiger partial charge in [0.05, 0.1) is 6.61 Å². The number of nitrogens with zero attached hydrogens (tertiary/aromatic N) is 3. The molecule has 10 heteroatoms. The molecule has 1 aliphatic rings. The number of carbonyl (C=O) groups excluding carboxylic acids is 3. The van der Waals surface area contributed by atoms with Crippen molar-refractivity contribution in [3.8, 4) is 0 Å². The zero-order valence-electron chi connectivity index (χ0n) is 15.2. The van der Waals surface area contributed by atoms with Gasteiger partial charge in [0, 0.05) is 42.1 Å². The lowest BCUT2D eigenvalue weighted by Crippen LogP contribution is -2.50. The quantitative estimate of drug-likeness (QED) is 0.817. The third-order valence-corrected chi connectivity index (χ3v) is 5.15. The standard InChI is InChI=1S/C18H19ClN4O4S/c1-2-27-18(26)23-9-7-22(8-10-23)16(25)14-11-28-17(20-14)21-15(24)12-3-5-13(19)6-4-12/h3-6,11H,2,7-10H2,1H3,(H,20,21,24). The third-order valence-electron chi connectivity index (χ3n) is 4.14. The van der Waals surface area contributed by atoms with Crippen LogP contribution in [0.1, 0.15) is 27.8 Å². The van der Waals surface area contributed by atoms with Crippen LogP contribution in [0.5, 0.6) is 0 Å². The van der Waals surface area contributed by atoms with Crippen LogP contribution in [0.3, 0.4) is 0 Å². The van der Waals surface area contributed by atoms with Gasteiger partial charge in [-0.2, -0.15) is 0 Å². The third kappa shape index (κ3) is 4.79. The van der Waals surface area contributed by atoms with E-state index in [1.165, 1.54) is 11.3 Å². The van der Waals surface area contributed by atoms with E-state index in [0.29, 0.717) is 48.5 Å². The largest absolute Gasteiger partial charge is 0.450 e. The number of nitrogens with one attached hydrogen (secondary N) is 1. The second kappa shape index (κ2) is 9.03. The number of rotatable bonds is 4. The molecule has 2 heterocycles. The average Bonchev–Trinajstić information content (AvgIpc) is 3.16. The molecule has 0 atom stereocenters. The van der Waals surface area contributed by atoms with Crippen LogP contribution in [-0.4, -0.2) is 65.5 Å². The Labute approximate surface area is 171 Å². The molecule has 3 rings (SSSR count). The molecule has 0 unspecified atom stereocenters. The Morgan fingerprint density at radius 2 is 1.79 bits per heavy atom. The van der Waals surface area contributed by atoms with Crippen LogP contribution in [0.4, 0.5) is 9.93 Å². The van der Waals surface area contributed by atoms with Gasteiger partial charge in [0.2, 0.25) is 0 Å². The predicted molar refractivity (Wildman–Crippen MR) is 106 cm³/mol. The van der Waals surface area contributed by atoms with Crippen LogP contribution in [0, 0.1) is 0 Å². The predicted octanol–water partition coefficient (Wildman–Crippen LogP) is 2.96. The Bertz CT molecular complexity index is 863. The van der Waals surface area contributed by atoms with Gasteiger partial charge in [0.25, 0.3) is 11.8 Å². The Balaban J connectivity index is 1.56. The van der Waals surface area contributed by atoms with E-state index in [1.54, 1.807) is 46.4 Å². The summed E-state index contributed by atoms with van der Waals surface area (Å²) in [4.78, 5) is 44.0. The summed E-state index contributed by atoms with van der Waals surface area (Å²) in [5, 5.41) is 5.17. The summed E-state index contributed by atoms with van der Waals surface area (Å²) < 4.78 is 4.97. The highest BCUT2D eigenvalue weighted by Gasteiger charge is 2.26. The number of amides is 3. The molecule has 1 N–H and O–H groups in total. The number of aromatic nitrogens is 1. The molecule has 1 fully saturated rings. The summed E-state index contributed by atoms with van der Waals surface area (Å²) in [5.74, 6) is -0.556. The maximum absolute atomic E-state index is 12.6. The topological polar surface area (TPSA) is 91.8 Å². The van der Waals surface area contributed by atoms with Crippen LogP contribution < -0.4 is 5.32 Å². The first-order valence-corrected chi connectivity index (χ1v) is 9.97. The molecule has 0 spiro atoms. The lowest BCUT2D eigenvalue weighted by molar-refractivity contribution is 0.0566. The highest BCUT2D eigenvalue weighted by atomic mass is 35.5. The summed E-state index contributed by atoms with van der Waals surface area (Å²) in [6.07, 6.45) is -0.365. The SMILES string of the molecule is CCOC(=O)N1CCN(C(=O)c2csc(NC(=O)c3ccc(Cl)cc3)n2)CC1. The fourth-order valence-electron chi connectivity index (χ4n) is 2.67. The molecule has 148 valence electrons. The molecule has 3 amide bonds. The van der Waals surface area contributed by atoms with E-state index in [1.807, 2.05) is 0 Å². The molecule has 0 radical (unpaired) electrons. The van der Waals surface area contributed by atoms with Crippen LogP contribution in [0.25, 0.3) is 0 Å². The number of hydrogen-bond donors (Lipinski definition) is 1. The molecule has 28 heavy (non-hydrogen) atoms. The van der Waals surface area contributed by atoms with Gasteiger partial charge in [-0.05, 0) is 31.2 Å². The molecular formula is C18H19ClN4O4S. The monoisotopic (exact) mass is 422 g/mol. The fraction of sp³-hybridized carbons (Fsp3) is 0.333. The zero-order valence-corrected chi connectivity index (χ0v) is 16.8. The maximum atomic E-state index is 12.6. The number of anilines is 1. The minimum atomic E-state index is -0.365. The minimum Gasteiger partial charge on any atom is -0.450 e. The molecule has 0 aliphatic carbocycles. The average molecular weight is 423 g/mol. The number of carbonyl (C=O) groups is 3. The van der Waals surface area contributed by atoms with Crippen molar-refractivity contribution in [1.82, 2.24) is 14.8 Å².